The van der Waals surface area contributed by atoms with Crippen molar-refractivity contribution < 1.29 is 20.1 Å². The number of benzene rings is 3. The monoisotopic (exact) mass is 519 g/mol. The van der Waals surface area contributed by atoms with E-state index in [9.17, 15) is 0 Å². The Morgan fingerprint density at radius 1 is 0.800 bits per heavy atom. The number of fused-ring (bicyclic) bond motifs is 3. The van der Waals surface area contributed by atoms with Crippen molar-refractivity contribution in [1.82, 2.24) is 0 Å². The average Bonchev–Trinajstić information content (AvgIpc) is 3.27. The zero-order valence-electron chi connectivity index (χ0n) is 13.2. The second-order valence-electron chi connectivity index (χ2n) is 5.73. The Kier molecular flexibility index (Phi) is 4.34. The summed E-state index contributed by atoms with van der Waals surface area (Å²) in [4.78, 5) is 4.27. The maximum atomic E-state index is 3.41. The van der Waals surface area contributed by atoms with E-state index in [1.807, 2.05) is 23.5 Å². The van der Waals surface area contributed by atoms with Crippen LogP contribution in [0.3, 0.4) is 0 Å². The number of rotatable bonds is 2. The van der Waals surface area contributed by atoms with Gasteiger partial charge >= 0.3 is 0 Å². The molecule has 4 aromatic rings. The van der Waals surface area contributed by atoms with Gasteiger partial charge in [-0.2, -0.15) is 18.2 Å². The summed E-state index contributed by atoms with van der Waals surface area (Å²) in [6.07, 6.45) is 4.16. The van der Waals surface area contributed by atoms with E-state index in [2.05, 4.69) is 89.5 Å². The molecule has 3 aromatic carbocycles. The summed E-state index contributed by atoms with van der Waals surface area (Å²) in [7, 11) is 0. The minimum absolute atomic E-state index is 0. The summed E-state index contributed by atoms with van der Waals surface area (Å²) in [6, 6.07) is 26.5. The van der Waals surface area contributed by atoms with Crippen molar-refractivity contribution in [3.63, 3.8) is 0 Å². The first-order chi connectivity index (χ1) is 11.9. The fourth-order valence-corrected chi connectivity index (χ4v) is 4.31. The molecule has 0 saturated heterocycles. The van der Waals surface area contributed by atoms with Crippen LogP contribution >= 0.6 is 11.3 Å². The molecular weight excluding hydrogens is 505 g/mol. The van der Waals surface area contributed by atoms with Gasteiger partial charge in [0, 0.05) is 30.5 Å². The summed E-state index contributed by atoms with van der Waals surface area (Å²) in [5.41, 5.74) is 2.25. The van der Waals surface area contributed by atoms with Crippen LogP contribution in [0.1, 0.15) is 0 Å². The van der Waals surface area contributed by atoms with Crippen LogP contribution in [0.5, 0.6) is 0 Å². The Bertz CT molecular complexity index is 1060. The van der Waals surface area contributed by atoms with Crippen molar-refractivity contribution >= 4 is 42.9 Å². The van der Waals surface area contributed by atoms with Gasteiger partial charge in [0.15, 0.2) is 0 Å². The number of anilines is 2. The van der Waals surface area contributed by atoms with Crippen LogP contribution in [0, 0.1) is 12.7 Å². The van der Waals surface area contributed by atoms with Crippen LogP contribution in [0.15, 0.2) is 79.1 Å². The number of nitrogens with zero attached hydrogens (tertiary/aromatic N) is 2. The van der Waals surface area contributed by atoms with Crippen LogP contribution in [-0.4, -0.2) is 0 Å². The van der Waals surface area contributed by atoms with Crippen LogP contribution in [0.25, 0.3) is 20.2 Å². The third kappa shape index (κ3) is 2.77. The second-order valence-corrected chi connectivity index (χ2v) is 6.78. The molecule has 0 N–H and O–H groups in total. The minimum Gasteiger partial charge on any atom is -0.499 e. The molecule has 0 fully saturated rings. The first-order valence-corrected chi connectivity index (χ1v) is 8.69. The SMILES string of the molecule is [Ir].[c-]1ccc2c(sc3ccccc32)c1N1C=CN(c2ccccc2)[CH-]1. The topological polar surface area (TPSA) is 6.48 Å². The van der Waals surface area contributed by atoms with Gasteiger partial charge in [-0.1, -0.05) is 46.8 Å². The van der Waals surface area contributed by atoms with Crippen molar-refractivity contribution in [2.45, 2.75) is 0 Å². The molecule has 0 aliphatic carbocycles. The second kappa shape index (κ2) is 6.64. The predicted octanol–water partition coefficient (Wildman–Crippen LogP) is 5.77. The zero-order chi connectivity index (χ0) is 15.9. The fourth-order valence-electron chi connectivity index (χ4n) is 3.11. The molecule has 25 heavy (non-hydrogen) atoms. The normalized spacial score (nSPS) is 13.6. The third-order valence-electron chi connectivity index (χ3n) is 4.27. The standard InChI is InChI=1S/C21H14N2S.Ir/c1-2-7-16(8-3-1)22-13-14-23(15-22)19-11-6-10-18-17-9-4-5-12-20(17)24-21(18)19;/h1-10,12-15H;/q-2;. The van der Waals surface area contributed by atoms with Crippen molar-refractivity contribution in [2.75, 3.05) is 9.80 Å². The first kappa shape index (κ1) is 16.3. The molecule has 125 valence electrons. The number of thiophene rings is 1. The van der Waals surface area contributed by atoms with E-state index < -0.39 is 0 Å². The van der Waals surface area contributed by atoms with Gasteiger partial charge in [-0.25, -0.2) is 11.3 Å². The molecule has 1 aliphatic rings. The molecule has 0 saturated carbocycles. The summed E-state index contributed by atoms with van der Waals surface area (Å²) in [5, 5.41) is 2.61. The minimum atomic E-state index is 0. The quantitative estimate of drug-likeness (QED) is 0.311. The summed E-state index contributed by atoms with van der Waals surface area (Å²) < 4.78 is 2.59. The summed E-state index contributed by atoms with van der Waals surface area (Å²) >= 11 is 1.83. The maximum Gasteiger partial charge on any atom is 0.0204 e. The Hall–Kier alpha value is -2.13. The smallest absolute Gasteiger partial charge is 0.0204 e. The van der Waals surface area contributed by atoms with E-state index in [0.29, 0.717) is 0 Å². The molecule has 4 heteroatoms. The van der Waals surface area contributed by atoms with Crippen molar-refractivity contribution in [3.05, 3.63) is 91.9 Å². The third-order valence-corrected chi connectivity index (χ3v) is 5.46. The largest absolute Gasteiger partial charge is 0.499 e. The van der Waals surface area contributed by atoms with E-state index >= 15 is 0 Å². The van der Waals surface area contributed by atoms with E-state index in [1.165, 1.54) is 20.2 Å². The van der Waals surface area contributed by atoms with Gasteiger partial charge in [-0.05, 0) is 36.0 Å². The van der Waals surface area contributed by atoms with Crippen molar-refractivity contribution in [1.29, 1.82) is 0 Å². The molecule has 2 heterocycles. The van der Waals surface area contributed by atoms with Crippen molar-refractivity contribution in [2.24, 2.45) is 0 Å². The molecular formula is C21H14IrN2S-2. The van der Waals surface area contributed by atoms with Crippen LogP contribution < -0.4 is 9.80 Å². The number of para-hydroxylation sites is 1. The Morgan fingerprint density at radius 3 is 2.44 bits per heavy atom. The first-order valence-electron chi connectivity index (χ1n) is 7.87. The van der Waals surface area contributed by atoms with Gasteiger partial charge in [0.25, 0.3) is 0 Å². The molecule has 1 aliphatic heterocycles. The van der Waals surface area contributed by atoms with Gasteiger partial charge in [-0.15, -0.1) is 12.1 Å². The molecule has 0 bridgehead atoms. The van der Waals surface area contributed by atoms with E-state index in [1.54, 1.807) is 0 Å². The number of hydrogen-bond donors (Lipinski definition) is 0. The van der Waals surface area contributed by atoms with E-state index in [4.69, 9.17) is 0 Å². The van der Waals surface area contributed by atoms with Gasteiger partial charge in [-0.3, -0.25) is 0 Å². The molecule has 0 spiro atoms. The molecule has 1 aromatic heterocycles. The van der Waals surface area contributed by atoms with E-state index in [-0.39, 0.29) is 20.1 Å². The van der Waals surface area contributed by atoms with Gasteiger partial charge in [0.1, 0.15) is 0 Å². The van der Waals surface area contributed by atoms with Gasteiger partial charge < -0.3 is 9.80 Å². The Morgan fingerprint density at radius 2 is 1.56 bits per heavy atom. The van der Waals surface area contributed by atoms with E-state index in [0.717, 1.165) is 11.4 Å². The average molecular weight is 519 g/mol. The maximum absolute atomic E-state index is 3.41. The summed E-state index contributed by atoms with van der Waals surface area (Å²) in [5.74, 6) is 0. The molecule has 1 radical (unpaired) electrons. The molecule has 0 atom stereocenters. The van der Waals surface area contributed by atoms with Crippen molar-refractivity contribution in [3.8, 4) is 0 Å². The molecule has 0 amide bonds. The number of hydrogen-bond acceptors (Lipinski definition) is 3. The van der Waals surface area contributed by atoms with Gasteiger partial charge in [0.2, 0.25) is 0 Å². The Labute approximate surface area is 164 Å². The molecule has 5 rings (SSSR count). The Balaban J connectivity index is 0.00000157. The predicted molar refractivity (Wildman–Crippen MR) is 103 cm³/mol. The fraction of sp³-hybridized carbons (Fsp3) is 0. The van der Waals surface area contributed by atoms with Gasteiger partial charge in [0.05, 0.1) is 0 Å². The zero-order valence-corrected chi connectivity index (χ0v) is 16.4. The van der Waals surface area contributed by atoms with Crippen LogP contribution in [0.2, 0.25) is 0 Å². The van der Waals surface area contributed by atoms with Crippen LogP contribution in [0.4, 0.5) is 11.4 Å². The summed E-state index contributed by atoms with van der Waals surface area (Å²) in [6.45, 7) is 2.10. The van der Waals surface area contributed by atoms with Crippen LogP contribution in [-0.2, 0) is 20.1 Å². The molecule has 0 unspecified atom stereocenters. The molecule has 2 nitrogen and oxygen atoms in total.